The van der Waals surface area contributed by atoms with Crippen LogP contribution in [-0.2, 0) is 6.54 Å². The van der Waals surface area contributed by atoms with E-state index in [1.165, 1.54) is 13.2 Å². The zero-order valence-corrected chi connectivity index (χ0v) is 8.04. The van der Waals surface area contributed by atoms with E-state index in [1.54, 1.807) is 0 Å². The standard InChI is InChI=1S/C9H10F2N2O2/c1-15-7-2-5(3-12)6(4-14)13-8(7)9(10)11/h2,4,9H,3,12H2,1H3. The molecule has 4 nitrogen and oxygen atoms in total. The molecule has 0 radical (unpaired) electrons. The lowest BCUT2D eigenvalue weighted by Crippen LogP contribution is -2.07. The molecular formula is C9H10F2N2O2. The van der Waals surface area contributed by atoms with Crippen LogP contribution in [0.15, 0.2) is 6.07 Å². The smallest absolute Gasteiger partial charge is 0.284 e. The zero-order chi connectivity index (χ0) is 11.4. The van der Waals surface area contributed by atoms with Crippen molar-refractivity contribution in [2.24, 2.45) is 5.73 Å². The van der Waals surface area contributed by atoms with Crippen molar-refractivity contribution in [3.8, 4) is 5.75 Å². The third kappa shape index (κ3) is 2.27. The van der Waals surface area contributed by atoms with Crippen molar-refractivity contribution < 1.29 is 18.3 Å². The van der Waals surface area contributed by atoms with Gasteiger partial charge in [-0.3, -0.25) is 4.79 Å². The van der Waals surface area contributed by atoms with E-state index in [0.29, 0.717) is 11.8 Å². The minimum absolute atomic E-state index is 0.0426. The topological polar surface area (TPSA) is 65.2 Å². The van der Waals surface area contributed by atoms with Gasteiger partial charge in [-0.2, -0.15) is 0 Å². The first-order valence-corrected chi connectivity index (χ1v) is 4.15. The number of aldehydes is 1. The van der Waals surface area contributed by atoms with Crippen LogP contribution in [0.5, 0.6) is 5.75 Å². The molecule has 2 N–H and O–H groups in total. The Bertz CT molecular complexity index is 369. The van der Waals surface area contributed by atoms with Crippen molar-refractivity contribution in [1.82, 2.24) is 4.98 Å². The van der Waals surface area contributed by atoms with Gasteiger partial charge in [0, 0.05) is 6.54 Å². The van der Waals surface area contributed by atoms with Gasteiger partial charge in [0.05, 0.1) is 7.11 Å². The van der Waals surface area contributed by atoms with Gasteiger partial charge in [0.25, 0.3) is 6.43 Å². The summed E-state index contributed by atoms with van der Waals surface area (Å²) in [5.41, 5.74) is 5.09. The van der Waals surface area contributed by atoms with E-state index in [4.69, 9.17) is 10.5 Å². The molecule has 1 aromatic rings. The molecule has 0 saturated heterocycles. The van der Waals surface area contributed by atoms with Gasteiger partial charge in [0.15, 0.2) is 6.29 Å². The highest BCUT2D eigenvalue weighted by molar-refractivity contribution is 5.74. The van der Waals surface area contributed by atoms with Crippen LogP contribution in [-0.4, -0.2) is 18.4 Å². The maximum Gasteiger partial charge on any atom is 0.284 e. The summed E-state index contributed by atoms with van der Waals surface area (Å²) >= 11 is 0. The molecule has 1 rings (SSSR count). The Hall–Kier alpha value is -1.56. The Morgan fingerprint density at radius 3 is 2.73 bits per heavy atom. The van der Waals surface area contributed by atoms with Gasteiger partial charge in [-0.25, -0.2) is 13.8 Å². The second kappa shape index (κ2) is 4.79. The number of aromatic nitrogens is 1. The van der Waals surface area contributed by atoms with E-state index in [9.17, 15) is 13.6 Å². The number of halogens is 2. The molecule has 1 heterocycles. The molecule has 6 heteroatoms. The number of hydrogen-bond donors (Lipinski definition) is 1. The maximum atomic E-state index is 12.5. The lowest BCUT2D eigenvalue weighted by molar-refractivity contribution is 0.111. The number of alkyl halides is 2. The molecule has 0 atom stereocenters. The van der Waals surface area contributed by atoms with Gasteiger partial charge in [-0.05, 0) is 11.6 Å². The van der Waals surface area contributed by atoms with Crippen LogP contribution in [0.4, 0.5) is 8.78 Å². The number of methoxy groups -OCH3 is 1. The number of hydrogen-bond acceptors (Lipinski definition) is 4. The van der Waals surface area contributed by atoms with Gasteiger partial charge in [0.2, 0.25) is 0 Å². The lowest BCUT2D eigenvalue weighted by Gasteiger charge is -2.10. The summed E-state index contributed by atoms with van der Waals surface area (Å²) in [7, 11) is 1.25. The molecule has 0 aliphatic rings. The molecule has 0 saturated carbocycles. The molecule has 0 aromatic carbocycles. The summed E-state index contributed by atoms with van der Waals surface area (Å²) in [6, 6.07) is 1.30. The molecule has 0 unspecified atom stereocenters. The van der Waals surface area contributed by atoms with Crippen LogP contribution in [0.2, 0.25) is 0 Å². The average molecular weight is 216 g/mol. The Morgan fingerprint density at radius 1 is 1.67 bits per heavy atom. The van der Waals surface area contributed by atoms with E-state index in [-0.39, 0.29) is 18.0 Å². The summed E-state index contributed by atoms with van der Waals surface area (Å²) in [5, 5.41) is 0. The van der Waals surface area contributed by atoms with Crippen LogP contribution < -0.4 is 10.5 Å². The molecular weight excluding hydrogens is 206 g/mol. The van der Waals surface area contributed by atoms with E-state index in [1.807, 2.05) is 0 Å². The number of pyridine rings is 1. The van der Waals surface area contributed by atoms with Gasteiger partial charge < -0.3 is 10.5 Å². The fourth-order valence-corrected chi connectivity index (χ4v) is 1.15. The van der Waals surface area contributed by atoms with E-state index in [0.717, 1.165) is 0 Å². The third-order valence-corrected chi connectivity index (χ3v) is 1.89. The Kier molecular flexibility index (Phi) is 3.68. The first-order valence-electron chi connectivity index (χ1n) is 4.15. The number of nitrogens with two attached hydrogens (primary N) is 1. The second-order valence-electron chi connectivity index (χ2n) is 2.74. The fraction of sp³-hybridized carbons (Fsp3) is 0.333. The zero-order valence-electron chi connectivity index (χ0n) is 8.04. The highest BCUT2D eigenvalue weighted by Gasteiger charge is 2.18. The van der Waals surface area contributed by atoms with Crippen LogP contribution in [0.3, 0.4) is 0 Å². The van der Waals surface area contributed by atoms with Crippen molar-refractivity contribution in [2.75, 3.05) is 7.11 Å². The minimum Gasteiger partial charge on any atom is -0.495 e. The van der Waals surface area contributed by atoms with E-state index >= 15 is 0 Å². The first-order chi connectivity index (χ1) is 7.13. The number of ether oxygens (including phenoxy) is 1. The molecule has 0 bridgehead atoms. The summed E-state index contributed by atoms with van der Waals surface area (Å²) in [6.07, 6.45) is -2.39. The summed E-state index contributed by atoms with van der Waals surface area (Å²) in [4.78, 5) is 14.1. The van der Waals surface area contributed by atoms with Crippen molar-refractivity contribution in [1.29, 1.82) is 0 Å². The van der Waals surface area contributed by atoms with Crippen molar-refractivity contribution in [3.05, 3.63) is 23.0 Å². The summed E-state index contributed by atoms with van der Waals surface area (Å²) in [5.74, 6) is -0.0592. The van der Waals surface area contributed by atoms with Crippen LogP contribution in [0, 0.1) is 0 Å². The monoisotopic (exact) mass is 216 g/mol. The Labute approximate surface area is 85.1 Å². The fourth-order valence-electron chi connectivity index (χ4n) is 1.15. The molecule has 0 aliphatic heterocycles. The molecule has 0 spiro atoms. The van der Waals surface area contributed by atoms with Crippen LogP contribution >= 0.6 is 0 Å². The molecule has 15 heavy (non-hydrogen) atoms. The highest BCUT2D eigenvalue weighted by atomic mass is 19.3. The van der Waals surface area contributed by atoms with Crippen LogP contribution in [0.25, 0.3) is 0 Å². The minimum atomic E-state index is -2.79. The molecule has 0 amide bonds. The SMILES string of the molecule is COc1cc(CN)c(C=O)nc1C(F)F. The van der Waals surface area contributed by atoms with Crippen molar-refractivity contribution in [2.45, 2.75) is 13.0 Å². The summed E-state index contributed by atoms with van der Waals surface area (Å²) < 4.78 is 29.7. The highest BCUT2D eigenvalue weighted by Crippen LogP contribution is 2.28. The molecule has 0 aliphatic carbocycles. The molecule has 0 fully saturated rings. The van der Waals surface area contributed by atoms with Gasteiger partial charge in [-0.1, -0.05) is 0 Å². The Balaban J connectivity index is 3.33. The van der Waals surface area contributed by atoms with Crippen LogP contribution in [0.1, 0.15) is 28.2 Å². The Morgan fingerprint density at radius 2 is 2.33 bits per heavy atom. The lowest BCUT2D eigenvalue weighted by atomic mass is 10.1. The maximum absolute atomic E-state index is 12.5. The largest absolute Gasteiger partial charge is 0.495 e. The normalized spacial score (nSPS) is 10.5. The predicted molar refractivity (Wildman–Crippen MR) is 49.0 cm³/mol. The first kappa shape index (κ1) is 11.5. The molecule has 82 valence electrons. The van der Waals surface area contributed by atoms with Crippen molar-refractivity contribution in [3.63, 3.8) is 0 Å². The van der Waals surface area contributed by atoms with E-state index in [2.05, 4.69) is 4.98 Å². The number of rotatable bonds is 4. The van der Waals surface area contributed by atoms with Gasteiger partial charge in [0.1, 0.15) is 17.1 Å². The average Bonchev–Trinajstić information content (AvgIpc) is 2.26. The summed E-state index contributed by atoms with van der Waals surface area (Å²) in [6.45, 7) is 0.0426. The number of carbonyl (C=O) groups excluding carboxylic acids is 1. The third-order valence-electron chi connectivity index (χ3n) is 1.89. The predicted octanol–water partition coefficient (Wildman–Crippen LogP) is 1.30. The van der Waals surface area contributed by atoms with Crippen molar-refractivity contribution >= 4 is 6.29 Å². The number of nitrogens with zero attached hydrogens (tertiary/aromatic N) is 1. The van der Waals surface area contributed by atoms with Gasteiger partial charge in [-0.15, -0.1) is 0 Å². The molecule has 1 aromatic heterocycles. The second-order valence-corrected chi connectivity index (χ2v) is 2.74. The number of carbonyl (C=O) groups is 1. The quantitative estimate of drug-likeness (QED) is 0.770. The van der Waals surface area contributed by atoms with E-state index < -0.39 is 12.1 Å². The van der Waals surface area contributed by atoms with Gasteiger partial charge >= 0.3 is 0 Å².